The van der Waals surface area contributed by atoms with E-state index in [1.807, 2.05) is 12.1 Å². The van der Waals surface area contributed by atoms with E-state index in [2.05, 4.69) is 38.3 Å². The first-order chi connectivity index (χ1) is 8.79. The van der Waals surface area contributed by atoms with Crippen LogP contribution in [0.3, 0.4) is 0 Å². The van der Waals surface area contributed by atoms with Gasteiger partial charge in [-0.15, -0.1) is 0 Å². The molecule has 0 atom stereocenters. The van der Waals surface area contributed by atoms with Crippen LogP contribution in [-0.2, 0) is 4.79 Å². The van der Waals surface area contributed by atoms with E-state index in [1.54, 1.807) is 0 Å². The number of carbonyl (C=O) groups excluding carboxylic acids is 1. The minimum Gasteiger partial charge on any atom is -0.372 e. The molecule has 1 amide bonds. The van der Waals surface area contributed by atoms with Crippen molar-refractivity contribution in [2.45, 2.75) is 25.7 Å². The van der Waals surface area contributed by atoms with Crippen molar-refractivity contribution in [3.63, 3.8) is 0 Å². The Morgan fingerprint density at radius 2 is 1.72 bits per heavy atom. The molecular weight excluding hydrogens is 292 g/mol. The molecule has 1 saturated heterocycles. The Labute approximate surface area is 117 Å². The summed E-state index contributed by atoms with van der Waals surface area (Å²) in [6.45, 7) is 2.29. The average Bonchev–Trinajstić information content (AvgIpc) is 2.68. The van der Waals surface area contributed by atoms with Crippen molar-refractivity contribution in [2.24, 2.45) is 0 Å². The summed E-state index contributed by atoms with van der Waals surface area (Å²) in [7, 11) is 0. The van der Waals surface area contributed by atoms with Gasteiger partial charge in [0, 0.05) is 24.5 Å². The molecule has 2 rings (SSSR count). The summed E-state index contributed by atoms with van der Waals surface area (Å²) in [5.41, 5.74) is 2.12. The van der Waals surface area contributed by atoms with Crippen LogP contribution in [0.2, 0.25) is 0 Å². The van der Waals surface area contributed by atoms with Crippen LogP contribution in [0.15, 0.2) is 24.3 Å². The predicted molar refractivity (Wildman–Crippen MR) is 79.5 cm³/mol. The zero-order valence-corrected chi connectivity index (χ0v) is 12.1. The molecule has 0 aromatic heterocycles. The zero-order chi connectivity index (χ0) is 12.8. The number of nitrogens with zero attached hydrogens (tertiary/aromatic N) is 1. The Hall–Kier alpha value is -1.03. The molecule has 0 aliphatic carbocycles. The first-order valence-electron chi connectivity index (χ1n) is 6.50. The Bertz CT molecular complexity index is 383. The third-order valence-electron chi connectivity index (χ3n) is 3.24. The minimum absolute atomic E-state index is 0.0162. The largest absolute Gasteiger partial charge is 0.372 e. The SMILES string of the molecule is O=C(CBr)Nc1ccc(N2CCCCCC2)cc1. The molecule has 0 radical (unpaired) electrons. The molecule has 1 aromatic rings. The zero-order valence-electron chi connectivity index (χ0n) is 10.5. The van der Waals surface area contributed by atoms with Gasteiger partial charge in [-0.2, -0.15) is 0 Å². The smallest absolute Gasteiger partial charge is 0.235 e. The second-order valence-corrected chi connectivity index (χ2v) is 5.19. The maximum atomic E-state index is 11.2. The lowest BCUT2D eigenvalue weighted by molar-refractivity contribution is -0.113. The number of nitrogens with one attached hydrogen (secondary N) is 1. The summed E-state index contributed by atoms with van der Waals surface area (Å²) < 4.78 is 0. The maximum Gasteiger partial charge on any atom is 0.235 e. The number of hydrogen-bond acceptors (Lipinski definition) is 2. The molecule has 18 heavy (non-hydrogen) atoms. The van der Waals surface area contributed by atoms with E-state index in [0.29, 0.717) is 5.33 Å². The fourth-order valence-electron chi connectivity index (χ4n) is 2.28. The van der Waals surface area contributed by atoms with Crippen LogP contribution in [0.4, 0.5) is 11.4 Å². The molecule has 0 unspecified atom stereocenters. The van der Waals surface area contributed by atoms with Gasteiger partial charge in [-0.25, -0.2) is 0 Å². The molecule has 1 aromatic carbocycles. The van der Waals surface area contributed by atoms with Gasteiger partial charge in [0.1, 0.15) is 0 Å². The molecule has 1 fully saturated rings. The fraction of sp³-hybridized carbons (Fsp3) is 0.500. The number of hydrogen-bond donors (Lipinski definition) is 1. The molecule has 0 spiro atoms. The summed E-state index contributed by atoms with van der Waals surface area (Å²) >= 11 is 3.14. The number of halogens is 1. The van der Waals surface area contributed by atoms with Crippen molar-refractivity contribution in [3.8, 4) is 0 Å². The Kier molecular flexibility index (Phi) is 5.05. The van der Waals surface area contributed by atoms with Gasteiger partial charge in [-0.3, -0.25) is 4.79 Å². The quantitative estimate of drug-likeness (QED) is 0.868. The summed E-state index contributed by atoms with van der Waals surface area (Å²) in [6, 6.07) is 8.13. The minimum atomic E-state index is -0.0162. The molecule has 0 saturated carbocycles. The number of rotatable bonds is 3. The van der Waals surface area contributed by atoms with Crippen LogP contribution >= 0.6 is 15.9 Å². The molecule has 4 heteroatoms. The van der Waals surface area contributed by atoms with Crippen LogP contribution in [0, 0.1) is 0 Å². The van der Waals surface area contributed by atoms with E-state index in [1.165, 1.54) is 31.4 Å². The number of amides is 1. The fourth-order valence-corrected chi connectivity index (χ4v) is 2.42. The van der Waals surface area contributed by atoms with Crippen LogP contribution in [-0.4, -0.2) is 24.3 Å². The molecule has 1 aliphatic heterocycles. The normalized spacial score (nSPS) is 16.2. The van der Waals surface area contributed by atoms with E-state index in [-0.39, 0.29) is 5.91 Å². The summed E-state index contributed by atoms with van der Waals surface area (Å²) in [5, 5.41) is 3.16. The lowest BCUT2D eigenvalue weighted by Crippen LogP contribution is -2.23. The van der Waals surface area contributed by atoms with E-state index >= 15 is 0 Å². The highest BCUT2D eigenvalue weighted by molar-refractivity contribution is 9.09. The van der Waals surface area contributed by atoms with Crippen molar-refractivity contribution in [2.75, 3.05) is 28.6 Å². The molecule has 0 bridgehead atoms. The molecule has 1 N–H and O–H groups in total. The van der Waals surface area contributed by atoms with Gasteiger partial charge in [0.05, 0.1) is 5.33 Å². The third kappa shape index (κ3) is 3.73. The second kappa shape index (κ2) is 6.78. The van der Waals surface area contributed by atoms with E-state index < -0.39 is 0 Å². The monoisotopic (exact) mass is 310 g/mol. The Balaban J connectivity index is 1.99. The molecule has 3 nitrogen and oxygen atoms in total. The van der Waals surface area contributed by atoms with Gasteiger partial charge >= 0.3 is 0 Å². The molecular formula is C14H19BrN2O. The first-order valence-corrected chi connectivity index (χ1v) is 7.62. The van der Waals surface area contributed by atoms with Crippen molar-refractivity contribution < 1.29 is 4.79 Å². The summed E-state index contributed by atoms with van der Waals surface area (Å²) in [6.07, 6.45) is 5.25. The lowest BCUT2D eigenvalue weighted by Gasteiger charge is -2.22. The standard InChI is InChI=1S/C14H19BrN2O/c15-11-14(18)16-12-5-7-13(8-6-12)17-9-3-1-2-4-10-17/h5-8H,1-4,9-11H2,(H,16,18). The number of alkyl halides is 1. The summed E-state index contributed by atoms with van der Waals surface area (Å²) in [4.78, 5) is 13.7. The van der Waals surface area contributed by atoms with Crippen molar-refractivity contribution in [1.29, 1.82) is 0 Å². The second-order valence-electron chi connectivity index (χ2n) is 4.63. The average molecular weight is 311 g/mol. The van der Waals surface area contributed by atoms with Gasteiger partial charge in [0.15, 0.2) is 0 Å². The number of benzene rings is 1. The Morgan fingerprint density at radius 1 is 1.11 bits per heavy atom. The van der Waals surface area contributed by atoms with Crippen molar-refractivity contribution in [1.82, 2.24) is 0 Å². The highest BCUT2D eigenvalue weighted by atomic mass is 79.9. The van der Waals surface area contributed by atoms with Gasteiger partial charge < -0.3 is 10.2 Å². The van der Waals surface area contributed by atoms with E-state index in [4.69, 9.17) is 0 Å². The number of carbonyl (C=O) groups is 1. The topological polar surface area (TPSA) is 32.3 Å². The van der Waals surface area contributed by atoms with E-state index in [0.717, 1.165) is 18.8 Å². The lowest BCUT2D eigenvalue weighted by atomic mass is 10.2. The van der Waals surface area contributed by atoms with Crippen molar-refractivity contribution in [3.05, 3.63) is 24.3 Å². The van der Waals surface area contributed by atoms with E-state index in [9.17, 15) is 4.79 Å². The van der Waals surface area contributed by atoms with Gasteiger partial charge in [0.25, 0.3) is 0 Å². The molecule has 1 heterocycles. The van der Waals surface area contributed by atoms with Crippen LogP contribution < -0.4 is 10.2 Å². The summed E-state index contributed by atoms with van der Waals surface area (Å²) in [5.74, 6) is -0.0162. The predicted octanol–water partition coefficient (Wildman–Crippen LogP) is 3.40. The number of anilines is 2. The Morgan fingerprint density at radius 3 is 2.28 bits per heavy atom. The van der Waals surface area contributed by atoms with Crippen LogP contribution in [0.1, 0.15) is 25.7 Å². The van der Waals surface area contributed by atoms with Gasteiger partial charge in [0.2, 0.25) is 5.91 Å². The van der Waals surface area contributed by atoms with Crippen LogP contribution in [0.5, 0.6) is 0 Å². The maximum absolute atomic E-state index is 11.2. The van der Waals surface area contributed by atoms with Gasteiger partial charge in [-0.05, 0) is 37.1 Å². The van der Waals surface area contributed by atoms with Crippen LogP contribution in [0.25, 0.3) is 0 Å². The highest BCUT2D eigenvalue weighted by Gasteiger charge is 2.09. The van der Waals surface area contributed by atoms with Gasteiger partial charge in [-0.1, -0.05) is 28.8 Å². The molecule has 1 aliphatic rings. The van der Waals surface area contributed by atoms with Crippen molar-refractivity contribution >= 4 is 33.2 Å². The highest BCUT2D eigenvalue weighted by Crippen LogP contribution is 2.21. The first kappa shape index (κ1) is 13.4. The third-order valence-corrected chi connectivity index (χ3v) is 3.75. The molecule has 98 valence electrons.